The van der Waals surface area contributed by atoms with E-state index in [1.807, 2.05) is 6.07 Å². The molecule has 1 saturated heterocycles. The molecule has 2 N–H and O–H groups in total. The molecule has 116 valence electrons. The van der Waals surface area contributed by atoms with Crippen LogP contribution in [0.3, 0.4) is 0 Å². The van der Waals surface area contributed by atoms with Crippen molar-refractivity contribution in [3.63, 3.8) is 0 Å². The number of anilines is 1. The largest absolute Gasteiger partial charge is 0.497 e. The molecule has 0 radical (unpaired) electrons. The van der Waals surface area contributed by atoms with E-state index in [1.165, 1.54) is 44.2 Å². The quantitative estimate of drug-likeness (QED) is 0.902. The zero-order chi connectivity index (χ0) is 14.7. The SMILES string of the molecule is COc1cccc(N2CCC(CC(N)C3CCCC3)C2)c1. The van der Waals surface area contributed by atoms with Crippen molar-refractivity contribution in [2.24, 2.45) is 17.6 Å². The molecule has 2 atom stereocenters. The fourth-order valence-corrected chi connectivity index (χ4v) is 4.03. The van der Waals surface area contributed by atoms with Gasteiger partial charge in [0.05, 0.1) is 7.11 Å². The van der Waals surface area contributed by atoms with Crippen LogP contribution in [0, 0.1) is 11.8 Å². The highest BCUT2D eigenvalue weighted by molar-refractivity contribution is 5.51. The Morgan fingerprint density at radius 2 is 2.10 bits per heavy atom. The normalized spacial score (nSPS) is 24.5. The van der Waals surface area contributed by atoms with E-state index < -0.39 is 0 Å². The Labute approximate surface area is 128 Å². The van der Waals surface area contributed by atoms with Gasteiger partial charge in [-0.25, -0.2) is 0 Å². The number of nitrogens with zero attached hydrogens (tertiary/aromatic N) is 1. The minimum Gasteiger partial charge on any atom is -0.497 e. The van der Waals surface area contributed by atoms with Crippen LogP contribution in [0.2, 0.25) is 0 Å². The summed E-state index contributed by atoms with van der Waals surface area (Å²) in [5, 5.41) is 0. The van der Waals surface area contributed by atoms with E-state index in [-0.39, 0.29) is 0 Å². The minimum atomic E-state index is 0.419. The first-order valence-electron chi connectivity index (χ1n) is 8.41. The summed E-state index contributed by atoms with van der Waals surface area (Å²) in [6.45, 7) is 2.29. The van der Waals surface area contributed by atoms with Gasteiger partial charge in [0.1, 0.15) is 5.75 Å². The zero-order valence-corrected chi connectivity index (χ0v) is 13.1. The lowest BCUT2D eigenvalue weighted by atomic mass is 9.89. The number of ether oxygens (including phenoxy) is 1. The summed E-state index contributed by atoms with van der Waals surface area (Å²) in [6.07, 6.45) is 7.96. The van der Waals surface area contributed by atoms with Gasteiger partial charge in [0.15, 0.2) is 0 Å². The Morgan fingerprint density at radius 1 is 1.29 bits per heavy atom. The van der Waals surface area contributed by atoms with Gasteiger partial charge in [-0.15, -0.1) is 0 Å². The fraction of sp³-hybridized carbons (Fsp3) is 0.667. The first-order valence-corrected chi connectivity index (χ1v) is 8.41. The second-order valence-electron chi connectivity index (χ2n) is 6.75. The molecule has 1 aliphatic carbocycles. The van der Waals surface area contributed by atoms with Crippen LogP contribution >= 0.6 is 0 Å². The maximum atomic E-state index is 6.45. The minimum absolute atomic E-state index is 0.419. The van der Waals surface area contributed by atoms with Gasteiger partial charge in [0.2, 0.25) is 0 Å². The zero-order valence-electron chi connectivity index (χ0n) is 13.1. The maximum Gasteiger partial charge on any atom is 0.120 e. The van der Waals surface area contributed by atoms with Crippen molar-refractivity contribution in [1.29, 1.82) is 0 Å². The molecule has 3 rings (SSSR count). The van der Waals surface area contributed by atoms with Crippen LogP contribution in [-0.2, 0) is 0 Å². The molecule has 2 fully saturated rings. The van der Waals surface area contributed by atoms with Crippen molar-refractivity contribution in [3.8, 4) is 5.75 Å². The molecular formula is C18H28N2O. The second kappa shape index (κ2) is 6.69. The number of benzene rings is 1. The van der Waals surface area contributed by atoms with Crippen molar-refractivity contribution < 1.29 is 4.74 Å². The van der Waals surface area contributed by atoms with Gasteiger partial charge in [-0.05, 0) is 49.7 Å². The lowest BCUT2D eigenvalue weighted by Crippen LogP contribution is -2.31. The van der Waals surface area contributed by atoms with Gasteiger partial charge in [-0.2, -0.15) is 0 Å². The molecule has 2 aliphatic rings. The summed E-state index contributed by atoms with van der Waals surface area (Å²) in [5.74, 6) is 2.49. The van der Waals surface area contributed by atoms with Gasteiger partial charge in [-0.1, -0.05) is 18.9 Å². The Bertz CT molecular complexity index is 456. The molecule has 1 aromatic carbocycles. The van der Waals surface area contributed by atoms with Crippen LogP contribution in [0.4, 0.5) is 5.69 Å². The van der Waals surface area contributed by atoms with Crippen LogP contribution in [0.5, 0.6) is 5.75 Å². The highest BCUT2D eigenvalue weighted by Crippen LogP contribution is 2.33. The molecule has 0 amide bonds. The standard InChI is InChI=1S/C18H28N2O/c1-21-17-8-4-7-16(12-17)20-10-9-14(13-20)11-18(19)15-5-2-3-6-15/h4,7-8,12,14-15,18H,2-3,5-6,9-11,13,19H2,1H3. The number of methoxy groups -OCH3 is 1. The molecule has 0 bridgehead atoms. The lowest BCUT2D eigenvalue weighted by molar-refractivity contribution is 0.357. The summed E-state index contributed by atoms with van der Waals surface area (Å²) < 4.78 is 5.33. The topological polar surface area (TPSA) is 38.5 Å². The van der Waals surface area contributed by atoms with E-state index in [0.717, 1.165) is 30.7 Å². The van der Waals surface area contributed by atoms with Crippen LogP contribution in [0.25, 0.3) is 0 Å². The summed E-state index contributed by atoms with van der Waals surface area (Å²) in [6, 6.07) is 8.82. The van der Waals surface area contributed by atoms with E-state index >= 15 is 0 Å². The van der Waals surface area contributed by atoms with Gasteiger partial charge < -0.3 is 15.4 Å². The average Bonchev–Trinajstić information content (AvgIpc) is 3.18. The summed E-state index contributed by atoms with van der Waals surface area (Å²) in [4.78, 5) is 2.48. The number of nitrogens with two attached hydrogens (primary N) is 1. The van der Waals surface area contributed by atoms with E-state index in [4.69, 9.17) is 10.5 Å². The Hall–Kier alpha value is -1.22. The summed E-state index contributed by atoms with van der Waals surface area (Å²) in [5.41, 5.74) is 7.73. The van der Waals surface area contributed by atoms with Crippen LogP contribution in [0.1, 0.15) is 38.5 Å². The predicted octanol–water partition coefficient (Wildman–Crippen LogP) is 3.43. The molecular weight excluding hydrogens is 260 g/mol. The molecule has 3 heteroatoms. The van der Waals surface area contributed by atoms with Gasteiger partial charge in [0.25, 0.3) is 0 Å². The highest BCUT2D eigenvalue weighted by atomic mass is 16.5. The van der Waals surface area contributed by atoms with Gasteiger partial charge >= 0.3 is 0 Å². The summed E-state index contributed by atoms with van der Waals surface area (Å²) >= 11 is 0. The number of hydrogen-bond donors (Lipinski definition) is 1. The van der Waals surface area contributed by atoms with E-state index in [9.17, 15) is 0 Å². The fourth-order valence-electron chi connectivity index (χ4n) is 4.03. The Balaban J connectivity index is 1.54. The molecule has 2 unspecified atom stereocenters. The first-order chi connectivity index (χ1) is 10.3. The lowest BCUT2D eigenvalue weighted by Gasteiger charge is -2.23. The van der Waals surface area contributed by atoms with Crippen molar-refractivity contribution in [2.75, 3.05) is 25.1 Å². The van der Waals surface area contributed by atoms with Crippen molar-refractivity contribution >= 4 is 5.69 Å². The van der Waals surface area contributed by atoms with Crippen LogP contribution in [0.15, 0.2) is 24.3 Å². The van der Waals surface area contributed by atoms with Gasteiger partial charge in [0, 0.05) is 30.9 Å². The molecule has 1 saturated carbocycles. The van der Waals surface area contributed by atoms with Crippen molar-refractivity contribution in [2.45, 2.75) is 44.6 Å². The van der Waals surface area contributed by atoms with Crippen molar-refractivity contribution in [3.05, 3.63) is 24.3 Å². The second-order valence-corrected chi connectivity index (χ2v) is 6.75. The molecule has 0 spiro atoms. The molecule has 1 heterocycles. The van der Waals surface area contributed by atoms with E-state index in [0.29, 0.717) is 6.04 Å². The third kappa shape index (κ3) is 3.52. The average molecular weight is 288 g/mol. The summed E-state index contributed by atoms with van der Waals surface area (Å²) in [7, 11) is 1.73. The van der Waals surface area contributed by atoms with Crippen LogP contribution in [-0.4, -0.2) is 26.2 Å². The smallest absolute Gasteiger partial charge is 0.120 e. The highest BCUT2D eigenvalue weighted by Gasteiger charge is 2.28. The van der Waals surface area contributed by atoms with E-state index in [2.05, 4.69) is 23.1 Å². The molecule has 21 heavy (non-hydrogen) atoms. The van der Waals surface area contributed by atoms with Crippen LogP contribution < -0.4 is 15.4 Å². The predicted molar refractivity (Wildman–Crippen MR) is 87.9 cm³/mol. The Morgan fingerprint density at radius 3 is 2.86 bits per heavy atom. The van der Waals surface area contributed by atoms with Crippen molar-refractivity contribution in [1.82, 2.24) is 0 Å². The maximum absolute atomic E-state index is 6.45. The Kier molecular flexibility index (Phi) is 4.69. The molecule has 1 aliphatic heterocycles. The third-order valence-electron chi connectivity index (χ3n) is 5.32. The van der Waals surface area contributed by atoms with Gasteiger partial charge in [-0.3, -0.25) is 0 Å². The molecule has 1 aromatic rings. The monoisotopic (exact) mass is 288 g/mol. The molecule has 0 aromatic heterocycles. The number of rotatable bonds is 5. The first kappa shape index (κ1) is 14.7. The molecule has 3 nitrogen and oxygen atoms in total. The third-order valence-corrected chi connectivity index (χ3v) is 5.32. The number of hydrogen-bond acceptors (Lipinski definition) is 3. The van der Waals surface area contributed by atoms with E-state index in [1.54, 1.807) is 7.11 Å².